The topological polar surface area (TPSA) is 75.6 Å². The van der Waals surface area contributed by atoms with Crippen molar-refractivity contribution in [3.63, 3.8) is 0 Å². The summed E-state index contributed by atoms with van der Waals surface area (Å²) in [6, 6.07) is 3.85. The molecule has 1 fully saturated rings. The van der Waals surface area contributed by atoms with Crippen LogP contribution in [0.1, 0.15) is 67.2 Å². The number of rotatable bonds is 6. The van der Waals surface area contributed by atoms with E-state index in [1.54, 1.807) is 18.0 Å². The zero-order valence-corrected chi connectivity index (χ0v) is 15.2. The van der Waals surface area contributed by atoms with Gasteiger partial charge in [0, 0.05) is 13.5 Å². The van der Waals surface area contributed by atoms with E-state index in [0.717, 1.165) is 18.8 Å². The summed E-state index contributed by atoms with van der Waals surface area (Å²) < 4.78 is 10.9. The van der Waals surface area contributed by atoms with Gasteiger partial charge in [0.15, 0.2) is 11.6 Å². The molecular formula is C18H26N4O3. The van der Waals surface area contributed by atoms with Gasteiger partial charge >= 0.3 is 0 Å². The number of aromatic nitrogens is 2. The molecular weight excluding hydrogens is 320 g/mol. The molecule has 7 nitrogen and oxygen atoms in total. The van der Waals surface area contributed by atoms with Crippen LogP contribution in [0.4, 0.5) is 0 Å². The summed E-state index contributed by atoms with van der Waals surface area (Å²) in [5.74, 6) is 2.08. The average molecular weight is 346 g/mol. The number of hydrogen-bond donors (Lipinski definition) is 0. The van der Waals surface area contributed by atoms with E-state index in [2.05, 4.69) is 22.0 Å². The van der Waals surface area contributed by atoms with E-state index < -0.39 is 0 Å². The third kappa shape index (κ3) is 4.10. The van der Waals surface area contributed by atoms with Gasteiger partial charge in [-0.25, -0.2) is 0 Å². The molecule has 25 heavy (non-hydrogen) atoms. The van der Waals surface area contributed by atoms with Gasteiger partial charge in [0.05, 0.1) is 12.6 Å². The molecule has 2 aromatic rings. The Kier molecular flexibility index (Phi) is 5.53. The highest BCUT2D eigenvalue weighted by Gasteiger charge is 2.23. The molecule has 0 N–H and O–H groups in total. The first-order valence-electron chi connectivity index (χ1n) is 8.99. The zero-order valence-electron chi connectivity index (χ0n) is 15.2. The van der Waals surface area contributed by atoms with Crippen molar-refractivity contribution in [3.8, 4) is 0 Å². The molecule has 0 unspecified atom stereocenters. The van der Waals surface area contributed by atoms with Crippen molar-refractivity contribution in [1.29, 1.82) is 0 Å². The maximum Gasteiger partial charge on any atom is 0.289 e. The Balaban J connectivity index is 1.63. The van der Waals surface area contributed by atoms with Gasteiger partial charge < -0.3 is 13.8 Å². The van der Waals surface area contributed by atoms with Crippen LogP contribution in [0.5, 0.6) is 0 Å². The first-order valence-corrected chi connectivity index (χ1v) is 8.99. The third-order valence-electron chi connectivity index (χ3n) is 4.73. The van der Waals surface area contributed by atoms with E-state index in [4.69, 9.17) is 8.94 Å². The van der Waals surface area contributed by atoms with E-state index >= 15 is 0 Å². The van der Waals surface area contributed by atoms with Gasteiger partial charge in [-0.15, -0.1) is 0 Å². The van der Waals surface area contributed by atoms with Crippen molar-refractivity contribution in [1.82, 2.24) is 19.9 Å². The largest absolute Gasteiger partial charge is 0.454 e. The quantitative estimate of drug-likeness (QED) is 0.800. The highest BCUT2D eigenvalue weighted by molar-refractivity contribution is 5.91. The Morgan fingerprint density at radius 3 is 2.76 bits per heavy atom. The summed E-state index contributed by atoms with van der Waals surface area (Å²) >= 11 is 0. The lowest BCUT2D eigenvalue weighted by molar-refractivity contribution is 0.0741. The van der Waals surface area contributed by atoms with Gasteiger partial charge in [0.2, 0.25) is 5.89 Å². The minimum atomic E-state index is -0.181. The highest BCUT2D eigenvalue weighted by Crippen LogP contribution is 2.26. The van der Waals surface area contributed by atoms with Crippen molar-refractivity contribution in [3.05, 3.63) is 35.4 Å². The molecule has 0 spiro atoms. The Hall–Kier alpha value is -2.15. The summed E-state index contributed by atoms with van der Waals surface area (Å²) in [6.45, 7) is 6.54. The monoisotopic (exact) mass is 346 g/mol. The average Bonchev–Trinajstić information content (AvgIpc) is 3.30. The summed E-state index contributed by atoms with van der Waals surface area (Å²) in [6.07, 6.45) is 4.43. The van der Waals surface area contributed by atoms with Gasteiger partial charge in [-0.1, -0.05) is 18.5 Å². The Morgan fingerprint density at radius 1 is 1.32 bits per heavy atom. The summed E-state index contributed by atoms with van der Waals surface area (Å²) in [5, 5.41) is 3.88. The van der Waals surface area contributed by atoms with Crippen molar-refractivity contribution >= 4 is 5.91 Å². The predicted octanol–water partition coefficient (Wildman–Crippen LogP) is 3.04. The van der Waals surface area contributed by atoms with Gasteiger partial charge in [-0.2, -0.15) is 4.98 Å². The Morgan fingerprint density at radius 2 is 2.08 bits per heavy atom. The third-order valence-corrected chi connectivity index (χ3v) is 4.73. The second-order valence-electron chi connectivity index (χ2n) is 6.59. The summed E-state index contributed by atoms with van der Waals surface area (Å²) in [7, 11) is 1.71. The minimum Gasteiger partial charge on any atom is -0.454 e. The number of piperidine rings is 1. The predicted molar refractivity (Wildman–Crippen MR) is 92.0 cm³/mol. The van der Waals surface area contributed by atoms with Crippen LogP contribution in [0, 0.1) is 0 Å². The maximum atomic E-state index is 12.6. The number of carbonyl (C=O) groups excluding carboxylic acids is 1. The fourth-order valence-corrected chi connectivity index (χ4v) is 3.15. The van der Waals surface area contributed by atoms with Crippen LogP contribution in [0.3, 0.4) is 0 Å². The number of likely N-dealkylation sites (tertiary alicyclic amines) is 1. The minimum absolute atomic E-state index is 0.181. The molecule has 0 aromatic carbocycles. The number of nitrogens with zero attached hydrogens (tertiary/aromatic N) is 4. The smallest absolute Gasteiger partial charge is 0.289 e. The van der Waals surface area contributed by atoms with Gasteiger partial charge in [-0.3, -0.25) is 9.69 Å². The van der Waals surface area contributed by atoms with Crippen LogP contribution in [0.15, 0.2) is 21.1 Å². The first kappa shape index (κ1) is 17.7. The molecule has 0 saturated carbocycles. The van der Waals surface area contributed by atoms with E-state index in [1.165, 1.54) is 19.3 Å². The molecule has 1 amide bonds. The molecule has 2 aromatic heterocycles. The molecule has 3 rings (SSSR count). The van der Waals surface area contributed by atoms with Crippen molar-refractivity contribution < 1.29 is 13.7 Å². The van der Waals surface area contributed by atoms with E-state index in [0.29, 0.717) is 30.4 Å². The zero-order chi connectivity index (χ0) is 17.8. The fraction of sp³-hybridized carbons (Fsp3) is 0.611. The van der Waals surface area contributed by atoms with Crippen molar-refractivity contribution in [2.24, 2.45) is 0 Å². The molecule has 3 heterocycles. The number of furan rings is 1. The molecule has 136 valence electrons. The van der Waals surface area contributed by atoms with Gasteiger partial charge in [-0.05, 0) is 45.0 Å². The molecule has 0 radical (unpaired) electrons. The number of aryl methyl sites for hydroxylation is 1. The first-order chi connectivity index (χ1) is 12.1. The molecule has 0 aliphatic carbocycles. The Bertz CT molecular complexity index is 703. The van der Waals surface area contributed by atoms with Crippen LogP contribution in [0.2, 0.25) is 0 Å². The number of carbonyl (C=O) groups is 1. The second kappa shape index (κ2) is 7.82. The fourth-order valence-electron chi connectivity index (χ4n) is 3.15. The second-order valence-corrected chi connectivity index (χ2v) is 6.59. The number of amides is 1. The number of hydrogen-bond acceptors (Lipinski definition) is 6. The van der Waals surface area contributed by atoms with Gasteiger partial charge in [0.25, 0.3) is 5.91 Å². The Labute approximate surface area is 148 Å². The molecule has 0 bridgehead atoms. The molecule has 1 aliphatic heterocycles. The van der Waals surface area contributed by atoms with Crippen LogP contribution in [-0.2, 0) is 13.0 Å². The summed E-state index contributed by atoms with van der Waals surface area (Å²) in [4.78, 5) is 20.7. The van der Waals surface area contributed by atoms with Crippen LogP contribution >= 0.6 is 0 Å². The normalized spacial score (nSPS) is 16.8. The van der Waals surface area contributed by atoms with Gasteiger partial charge in [0.1, 0.15) is 5.76 Å². The lowest BCUT2D eigenvalue weighted by Crippen LogP contribution is -2.32. The molecule has 7 heteroatoms. The van der Waals surface area contributed by atoms with E-state index in [1.807, 2.05) is 13.0 Å². The SMILES string of the molecule is CCc1nc(CN(C)C(=O)c2ccc([C@@H](C)N3CCCCC3)o2)no1. The lowest BCUT2D eigenvalue weighted by Gasteiger charge is -2.31. The summed E-state index contributed by atoms with van der Waals surface area (Å²) in [5.41, 5.74) is 0. The van der Waals surface area contributed by atoms with Crippen molar-refractivity contribution in [2.75, 3.05) is 20.1 Å². The molecule has 1 aliphatic rings. The van der Waals surface area contributed by atoms with E-state index in [9.17, 15) is 4.79 Å². The standard InChI is InChI=1S/C18H26N4O3/c1-4-17-19-16(20-25-17)12-21(3)18(23)15-9-8-14(24-15)13(2)22-10-6-5-7-11-22/h8-9,13H,4-7,10-12H2,1-3H3/t13-/m1/s1. The molecule has 1 atom stereocenters. The van der Waals surface area contributed by atoms with Crippen LogP contribution in [-0.4, -0.2) is 46.0 Å². The maximum absolute atomic E-state index is 12.6. The van der Waals surface area contributed by atoms with Crippen molar-refractivity contribution in [2.45, 2.75) is 52.1 Å². The van der Waals surface area contributed by atoms with Crippen LogP contribution < -0.4 is 0 Å². The highest BCUT2D eigenvalue weighted by atomic mass is 16.5. The molecule has 1 saturated heterocycles. The van der Waals surface area contributed by atoms with Crippen LogP contribution in [0.25, 0.3) is 0 Å². The lowest BCUT2D eigenvalue weighted by atomic mass is 10.1. The van der Waals surface area contributed by atoms with E-state index in [-0.39, 0.29) is 11.9 Å².